The largest absolute Gasteiger partial charge is 0.397 e. The van der Waals surface area contributed by atoms with E-state index in [1.54, 1.807) is 13.8 Å². The average molecular weight is 331 g/mol. The van der Waals surface area contributed by atoms with Gasteiger partial charge in [-0.1, -0.05) is 17.7 Å². The molecule has 108 valence electrons. The summed E-state index contributed by atoms with van der Waals surface area (Å²) in [6.45, 7) is 3.52. The summed E-state index contributed by atoms with van der Waals surface area (Å²) in [4.78, 5) is 1.08. The number of benzene rings is 1. The molecule has 7 heteroatoms. The van der Waals surface area contributed by atoms with Gasteiger partial charge in [0, 0.05) is 4.88 Å². The summed E-state index contributed by atoms with van der Waals surface area (Å²) >= 11 is 7.45. The first-order chi connectivity index (χ1) is 9.31. The number of thiophene rings is 1. The number of sulfonamides is 1. The van der Waals surface area contributed by atoms with E-state index in [0.29, 0.717) is 10.6 Å². The van der Waals surface area contributed by atoms with Crippen LogP contribution < -0.4 is 10.5 Å². The van der Waals surface area contributed by atoms with Gasteiger partial charge in [0.15, 0.2) is 0 Å². The van der Waals surface area contributed by atoms with Gasteiger partial charge in [0.25, 0.3) is 0 Å². The Morgan fingerprint density at radius 2 is 2.10 bits per heavy atom. The van der Waals surface area contributed by atoms with Crippen LogP contribution in [0.3, 0.4) is 0 Å². The molecule has 0 amide bonds. The van der Waals surface area contributed by atoms with Crippen molar-refractivity contribution < 1.29 is 8.42 Å². The van der Waals surface area contributed by atoms with Gasteiger partial charge >= 0.3 is 0 Å². The smallest absolute Gasteiger partial charge is 0.241 e. The Balaban J connectivity index is 2.31. The Labute approximate surface area is 127 Å². The molecule has 0 saturated heterocycles. The summed E-state index contributed by atoms with van der Waals surface area (Å²) in [5.41, 5.74) is 6.62. The summed E-state index contributed by atoms with van der Waals surface area (Å²) in [7, 11) is -3.63. The van der Waals surface area contributed by atoms with Gasteiger partial charge in [-0.2, -0.15) is 0 Å². The lowest BCUT2D eigenvalue weighted by Gasteiger charge is -2.14. The van der Waals surface area contributed by atoms with Crippen molar-refractivity contribution >= 4 is 38.6 Å². The highest BCUT2D eigenvalue weighted by Crippen LogP contribution is 2.28. The zero-order valence-electron chi connectivity index (χ0n) is 11.1. The lowest BCUT2D eigenvalue weighted by molar-refractivity contribution is 0.568. The summed E-state index contributed by atoms with van der Waals surface area (Å²) < 4.78 is 27.3. The van der Waals surface area contributed by atoms with Gasteiger partial charge in [0.1, 0.15) is 0 Å². The second-order valence-corrected chi connectivity index (χ2v) is 7.57. The molecule has 1 aromatic heterocycles. The molecule has 0 saturated carbocycles. The third-order valence-corrected chi connectivity index (χ3v) is 5.96. The third-order valence-electron chi connectivity index (χ3n) is 2.87. The Morgan fingerprint density at radius 1 is 1.40 bits per heavy atom. The SMILES string of the molecule is Cc1cc(S(=O)(=O)NC(C)c2cccs2)cc(N)c1Cl. The van der Waals surface area contributed by atoms with E-state index < -0.39 is 10.0 Å². The van der Waals surface area contributed by atoms with Crippen LogP contribution in [0.15, 0.2) is 34.5 Å². The fourth-order valence-corrected chi connectivity index (χ4v) is 4.08. The molecule has 0 fully saturated rings. The Morgan fingerprint density at radius 3 is 2.65 bits per heavy atom. The first-order valence-corrected chi connectivity index (χ1v) is 8.66. The molecule has 1 unspecified atom stereocenters. The first kappa shape index (κ1) is 15.3. The fourth-order valence-electron chi connectivity index (χ4n) is 1.81. The molecule has 0 bridgehead atoms. The minimum Gasteiger partial charge on any atom is -0.397 e. The molecule has 2 rings (SSSR count). The van der Waals surface area contributed by atoms with E-state index in [-0.39, 0.29) is 16.6 Å². The van der Waals surface area contributed by atoms with E-state index in [9.17, 15) is 8.42 Å². The Hall–Kier alpha value is -1.08. The number of nitrogen functional groups attached to an aromatic ring is 1. The van der Waals surface area contributed by atoms with Crippen LogP contribution in [-0.4, -0.2) is 8.42 Å². The van der Waals surface area contributed by atoms with Gasteiger partial charge in [-0.05, 0) is 43.0 Å². The maximum Gasteiger partial charge on any atom is 0.241 e. The Kier molecular flexibility index (Phi) is 4.39. The molecule has 0 aliphatic rings. The number of aryl methyl sites for hydroxylation is 1. The van der Waals surface area contributed by atoms with Crippen LogP contribution in [0, 0.1) is 6.92 Å². The standard InChI is InChI=1S/C13H15ClN2O2S2/c1-8-6-10(7-11(15)13(8)14)20(17,18)16-9(2)12-4-3-5-19-12/h3-7,9,16H,15H2,1-2H3. The van der Waals surface area contributed by atoms with E-state index in [4.69, 9.17) is 17.3 Å². The number of hydrogen-bond donors (Lipinski definition) is 2. The zero-order valence-corrected chi connectivity index (χ0v) is 13.4. The van der Waals surface area contributed by atoms with E-state index in [1.165, 1.54) is 23.5 Å². The van der Waals surface area contributed by atoms with Crippen LogP contribution in [0.4, 0.5) is 5.69 Å². The van der Waals surface area contributed by atoms with E-state index in [1.807, 2.05) is 17.5 Å². The highest BCUT2D eigenvalue weighted by Gasteiger charge is 2.20. The van der Waals surface area contributed by atoms with Crippen LogP contribution in [0.25, 0.3) is 0 Å². The molecule has 0 spiro atoms. The monoisotopic (exact) mass is 330 g/mol. The number of nitrogens with one attached hydrogen (secondary N) is 1. The van der Waals surface area contributed by atoms with Crippen molar-refractivity contribution in [2.24, 2.45) is 0 Å². The number of hydrogen-bond acceptors (Lipinski definition) is 4. The van der Waals surface area contributed by atoms with E-state index >= 15 is 0 Å². The molecule has 0 aliphatic carbocycles. The van der Waals surface area contributed by atoms with Gasteiger partial charge in [-0.15, -0.1) is 11.3 Å². The van der Waals surface area contributed by atoms with Gasteiger partial charge in [0.05, 0.1) is 21.6 Å². The molecule has 3 N–H and O–H groups in total. The van der Waals surface area contributed by atoms with Crippen molar-refractivity contribution in [2.45, 2.75) is 24.8 Å². The van der Waals surface area contributed by atoms with Crippen molar-refractivity contribution in [1.82, 2.24) is 4.72 Å². The molecule has 4 nitrogen and oxygen atoms in total. The first-order valence-electron chi connectivity index (χ1n) is 5.92. The molecule has 2 aromatic rings. The summed E-state index contributed by atoms with van der Waals surface area (Å²) in [5.74, 6) is 0. The van der Waals surface area contributed by atoms with Crippen LogP contribution >= 0.6 is 22.9 Å². The van der Waals surface area contributed by atoms with Crippen molar-refractivity contribution in [1.29, 1.82) is 0 Å². The highest BCUT2D eigenvalue weighted by molar-refractivity contribution is 7.89. The second kappa shape index (κ2) is 5.73. The molecule has 1 aromatic carbocycles. The van der Waals surface area contributed by atoms with Crippen LogP contribution in [0.2, 0.25) is 5.02 Å². The second-order valence-electron chi connectivity index (χ2n) is 4.50. The zero-order chi connectivity index (χ0) is 14.9. The van der Waals surface area contributed by atoms with E-state index in [0.717, 1.165) is 4.88 Å². The van der Waals surface area contributed by atoms with Gasteiger partial charge in [-0.3, -0.25) is 0 Å². The molecule has 1 heterocycles. The molecular formula is C13H15ClN2O2S2. The van der Waals surface area contributed by atoms with E-state index in [2.05, 4.69) is 4.72 Å². The van der Waals surface area contributed by atoms with Crippen molar-refractivity contribution in [3.05, 3.63) is 45.1 Å². The maximum atomic E-state index is 12.3. The summed E-state index contributed by atoms with van der Waals surface area (Å²) in [6.07, 6.45) is 0. The third kappa shape index (κ3) is 3.15. The van der Waals surface area contributed by atoms with Gasteiger partial charge in [0.2, 0.25) is 10.0 Å². The molecule has 0 radical (unpaired) electrons. The minimum atomic E-state index is -3.63. The van der Waals surface area contributed by atoms with Crippen molar-refractivity contribution in [3.63, 3.8) is 0 Å². The van der Waals surface area contributed by atoms with Crippen molar-refractivity contribution in [3.8, 4) is 0 Å². The number of nitrogens with two attached hydrogens (primary N) is 1. The van der Waals surface area contributed by atoms with Gasteiger partial charge in [-0.25, -0.2) is 13.1 Å². The maximum absolute atomic E-state index is 12.3. The molecular weight excluding hydrogens is 316 g/mol. The highest BCUT2D eigenvalue weighted by atomic mass is 35.5. The number of halogens is 1. The summed E-state index contributed by atoms with van der Waals surface area (Å²) in [5, 5.41) is 2.29. The molecule has 1 atom stereocenters. The Bertz CT molecular complexity index is 689. The predicted molar refractivity (Wildman–Crippen MR) is 83.7 cm³/mol. The molecule has 0 aliphatic heterocycles. The number of anilines is 1. The fraction of sp³-hybridized carbons (Fsp3) is 0.231. The lowest BCUT2D eigenvalue weighted by Crippen LogP contribution is -2.26. The summed E-state index contributed by atoms with van der Waals surface area (Å²) in [6, 6.07) is 6.37. The van der Waals surface area contributed by atoms with Gasteiger partial charge < -0.3 is 5.73 Å². The van der Waals surface area contributed by atoms with Crippen LogP contribution in [-0.2, 0) is 10.0 Å². The molecule has 20 heavy (non-hydrogen) atoms. The predicted octanol–water partition coefficient (Wildman–Crippen LogP) is 3.33. The van der Waals surface area contributed by atoms with Crippen LogP contribution in [0.1, 0.15) is 23.4 Å². The van der Waals surface area contributed by atoms with Crippen LogP contribution in [0.5, 0.6) is 0 Å². The van der Waals surface area contributed by atoms with Crippen molar-refractivity contribution in [2.75, 3.05) is 5.73 Å². The average Bonchev–Trinajstić information content (AvgIpc) is 2.88. The lowest BCUT2D eigenvalue weighted by atomic mass is 10.2. The topological polar surface area (TPSA) is 72.2 Å². The normalized spacial score (nSPS) is 13.3. The number of rotatable bonds is 4. The quantitative estimate of drug-likeness (QED) is 0.844. The minimum absolute atomic E-state index is 0.125.